The summed E-state index contributed by atoms with van der Waals surface area (Å²) < 4.78 is 24.3. The smallest absolute Gasteiger partial charge is 0.345 e. The zero-order valence-electron chi connectivity index (χ0n) is 20.8. The van der Waals surface area contributed by atoms with Gasteiger partial charge in [0.15, 0.2) is 12.7 Å². The van der Waals surface area contributed by atoms with Crippen molar-refractivity contribution in [3.05, 3.63) is 114 Å². The van der Waals surface area contributed by atoms with Gasteiger partial charge in [-0.1, -0.05) is 47.6 Å². The minimum absolute atomic E-state index is 0.146. The number of oxime groups is 1. The zero-order chi connectivity index (χ0) is 26.7. The van der Waals surface area contributed by atoms with E-state index in [4.69, 9.17) is 14.3 Å². The van der Waals surface area contributed by atoms with Gasteiger partial charge < -0.3 is 19.4 Å². The van der Waals surface area contributed by atoms with Crippen LogP contribution in [0.25, 0.3) is 11.3 Å². The number of carboxylic acids is 1. The van der Waals surface area contributed by atoms with Crippen LogP contribution in [0.1, 0.15) is 18.1 Å². The Morgan fingerprint density at radius 2 is 1.63 bits per heavy atom. The molecule has 194 valence electrons. The topological polar surface area (TPSA) is 90.2 Å². The number of carbonyl (C=O) groups is 1. The number of rotatable bonds is 12. The molecule has 7 nitrogen and oxygen atoms in total. The molecule has 0 bridgehead atoms. The molecule has 3 aromatic carbocycles. The number of ether oxygens (including phenoxy) is 2. The van der Waals surface area contributed by atoms with Crippen molar-refractivity contribution < 1.29 is 28.6 Å². The van der Waals surface area contributed by atoms with Gasteiger partial charge in [-0.05, 0) is 66.6 Å². The SMILES string of the molecule is C/C(=N/OCCOc1ccc(CC(Oc2ccc(F)cc2)C(=O)O)cc1)c1ccc(-c2ccccn2)cc1. The standard InChI is InChI=1S/C30H27FN2O5/c1-21(23-7-9-24(10-8-23)28-4-2-3-17-32-28)33-37-19-18-36-26-13-5-22(6-14-26)20-29(30(34)35)38-27-15-11-25(31)12-16-27/h2-17,29H,18-20H2,1H3,(H,34,35)/b33-21-. The third-order valence-corrected chi connectivity index (χ3v) is 5.62. The van der Waals surface area contributed by atoms with Crippen LogP contribution in [0.15, 0.2) is 102 Å². The predicted octanol–water partition coefficient (Wildman–Crippen LogP) is 5.78. The van der Waals surface area contributed by atoms with Crippen LogP contribution >= 0.6 is 0 Å². The third-order valence-electron chi connectivity index (χ3n) is 5.62. The van der Waals surface area contributed by atoms with Crippen molar-refractivity contribution in [2.75, 3.05) is 13.2 Å². The van der Waals surface area contributed by atoms with E-state index in [1.165, 1.54) is 24.3 Å². The van der Waals surface area contributed by atoms with E-state index in [2.05, 4.69) is 10.1 Å². The third kappa shape index (κ3) is 7.64. The lowest BCUT2D eigenvalue weighted by Gasteiger charge is -2.15. The van der Waals surface area contributed by atoms with Gasteiger partial charge in [0.1, 0.15) is 23.9 Å². The molecule has 1 aromatic heterocycles. The number of aliphatic carboxylic acids is 1. The van der Waals surface area contributed by atoms with Crippen molar-refractivity contribution in [3.63, 3.8) is 0 Å². The van der Waals surface area contributed by atoms with Crippen molar-refractivity contribution in [2.45, 2.75) is 19.4 Å². The highest BCUT2D eigenvalue weighted by Crippen LogP contribution is 2.19. The van der Waals surface area contributed by atoms with Crippen LogP contribution in [-0.2, 0) is 16.1 Å². The van der Waals surface area contributed by atoms with E-state index >= 15 is 0 Å². The highest BCUT2D eigenvalue weighted by Gasteiger charge is 2.20. The maximum absolute atomic E-state index is 13.1. The molecule has 1 N–H and O–H groups in total. The van der Waals surface area contributed by atoms with Crippen LogP contribution < -0.4 is 9.47 Å². The molecule has 0 spiro atoms. The molecular weight excluding hydrogens is 487 g/mol. The van der Waals surface area contributed by atoms with Gasteiger partial charge in [0.2, 0.25) is 0 Å². The van der Waals surface area contributed by atoms with Gasteiger partial charge in [0.05, 0.1) is 11.4 Å². The number of benzene rings is 3. The lowest BCUT2D eigenvalue weighted by Crippen LogP contribution is -2.29. The maximum atomic E-state index is 13.1. The van der Waals surface area contributed by atoms with E-state index < -0.39 is 17.9 Å². The van der Waals surface area contributed by atoms with E-state index in [0.29, 0.717) is 12.4 Å². The van der Waals surface area contributed by atoms with E-state index in [1.807, 2.05) is 49.4 Å². The average Bonchev–Trinajstić information content (AvgIpc) is 2.95. The second-order valence-electron chi connectivity index (χ2n) is 8.40. The molecule has 0 radical (unpaired) electrons. The summed E-state index contributed by atoms with van der Waals surface area (Å²) in [4.78, 5) is 21.4. The first-order chi connectivity index (χ1) is 18.5. The van der Waals surface area contributed by atoms with Gasteiger partial charge >= 0.3 is 5.97 Å². The first-order valence-corrected chi connectivity index (χ1v) is 12.0. The quantitative estimate of drug-likeness (QED) is 0.146. The lowest BCUT2D eigenvalue weighted by molar-refractivity contribution is -0.145. The number of nitrogens with zero attached hydrogens (tertiary/aromatic N) is 2. The fourth-order valence-electron chi connectivity index (χ4n) is 3.60. The molecular formula is C30H27FN2O5. The molecule has 38 heavy (non-hydrogen) atoms. The van der Waals surface area contributed by atoms with E-state index in [-0.39, 0.29) is 18.8 Å². The maximum Gasteiger partial charge on any atom is 0.345 e. The van der Waals surface area contributed by atoms with Gasteiger partial charge in [0.25, 0.3) is 0 Å². The van der Waals surface area contributed by atoms with E-state index in [1.54, 1.807) is 30.5 Å². The number of hydrogen-bond donors (Lipinski definition) is 1. The largest absolute Gasteiger partial charge is 0.490 e. The van der Waals surface area contributed by atoms with Crippen LogP contribution in [0.5, 0.6) is 11.5 Å². The van der Waals surface area contributed by atoms with Crippen LogP contribution in [0.4, 0.5) is 4.39 Å². The van der Waals surface area contributed by atoms with Crippen molar-refractivity contribution in [1.29, 1.82) is 0 Å². The van der Waals surface area contributed by atoms with Crippen LogP contribution in [0, 0.1) is 5.82 Å². The fraction of sp³-hybridized carbons (Fsp3) is 0.167. The van der Waals surface area contributed by atoms with Gasteiger partial charge in [-0.25, -0.2) is 9.18 Å². The summed E-state index contributed by atoms with van der Waals surface area (Å²) in [7, 11) is 0. The highest BCUT2D eigenvalue weighted by atomic mass is 19.1. The summed E-state index contributed by atoms with van der Waals surface area (Å²) in [5.74, 6) is -0.613. The van der Waals surface area contributed by atoms with Crippen molar-refractivity contribution in [2.24, 2.45) is 5.16 Å². The van der Waals surface area contributed by atoms with Gasteiger partial charge in [-0.3, -0.25) is 4.98 Å². The molecule has 0 fully saturated rings. The number of carboxylic acid groups (broad SMARTS) is 1. The zero-order valence-corrected chi connectivity index (χ0v) is 20.8. The Morgan fingerprint density at radius 3 is 2.29 bits per heavy atom. The fourth-order valence-corrected chi connectivity index (χ4v) is 3.60. The summed E-state index contributed by atoms with van der Waals surface area (Å²) in [5.41, 5.74) is 4.40. The summed E-state index contributed by atoms with van der Waals surface area (Å²) in [6.45, 7) is 2.43. The van der Waals surface area contributed by atoms with Crippen LogP contribution in [-0.4, -0.2) is 41.1 Å². The molecule has 1 heterocycles. The van der Waals surface area contributed by atoms with Gasteiger partial charge in [-0.15, -0.1) is 0 Å². The van der Waals surface area contributed by atoms with Gasteiger partial charge in [0, 0.05) is 18.2 Å². The second kappa shape index (κ2) is 13.0. The summed E-state index contributed by atoms with van der Waals surface area (Å²) >= 11 is 0. The molecule has 0 aliphatic rings. The predicted molar refractivity (Wildman–Crippen MR) is 142 cm³/mol. The van der Waals surface area contributed by atoms with Crippen molar-refractivity contribution >= 4 is 11.7 Å². The Balaban J connectivity index is 1.21. The monoisotopic (exact) mass is 514 g/mol. The molecule has 0 saturated carbocycles. The highest BCUT2D eigenvalue weighted by molar-refractivity contribution is 5.98. The molecule has 4 aromatic rings. The summed E-state index contributed by atoms with van der Waals surface area (Å²) in [5, 5.41) is 13.7. The Bertz CT molecular complexity index is 1340. The minimum Gasteiger partial charge on any atom is -0.490 e. The summed E-state index contributed by atoms with van der Waals surface area (Å²) in [6, 6.07) is 26.0. The van der Waals surface area contributed by atoms with Crippen LogP contribution in [0.3, 0.4) is 0 Å². The van der Waals surface area contributed by atoms with E-state index in [0.717, 1.165) is 28.1 Å². The average molecular weight is 515 g/mol. The number of hydrogen-bond acceptors (Lipinski definition) is 6. The molecule has 0 amide bonds. The van der Waals surface area contributed by atoms with Crippen molar-refractivity contribution in [1.82, 2.24) is 4.98 Å². The summed E-state index contributed by atoms with van der Waals surface area (Å²) in [6.07, 6.45) is 0.808. The minimum atomic E-state index is -1.10. The first kappa shape index (κ1) is 26.3. The van der Waals surface area contributed by atoms with Gasteiger partial charge in [-0.2, -0.15) is 0 Å². The Labute approximate surface area is 220 Å². The Kier molecular flexibility index (Phi) is 9.02. The molecule has 0 aliphatic carbocycles. The Morgan fingerprint density at radius 1 is 0.921 bits per heavy atom. The molecule has 1 unspecified atom stereocenters. The molecule has 1 atom stereocenters. The van der Waals surface area contributed by atoms with Crippen molar-refractivity contribution in [3.8, 4) is 22.8 Å². The van der Waals surface area contributed by atoms with Crippen LogP contribution in [0.2, 0.25) is 0 Å². The molecule has 0 aliphatic heterocycles. The van der Waals surface area contributed by atoms with E-state index in [9.17, 15) is 14.3 Å². The second-order valence-corrected chi connectivity index (χ2v) is 8.40. The molecule has 0 saturated heterocycles. The molecule has 8 heteroatoms. The number of halogens is 1. The Hall–Kier alpha value is -4.72. The number of pyridine rings is 1. The lowest BCUT2D eigenvalue weighted by atomic mass is 10.1. The normalized spacial score (nSPS) is 12.0. The number of aromatic nitrogens is 1. The molecule has 4 rings (SSSR count). The first-order valence-electron chi connectivity index (χ1n) is 12.0.